The summed E-state index contributed by atoms with van der Waals surface area (Å²) in [6.07, 6.45) is 3.35. The molecule has 1 aliphatic carbocycles. The zero-order valence-electron chi connectivity index (χ0n) is 12.7. The van der Waals surface area contributed by atoms with Gasteiger partial charge in [-0.05, 0) is 43.2 Å². The predicted molar refractivity (Wildman–Crippen MR) is 80.3 cm³/mol. The number of sulfonamides is 1. The van der Waals surface area contributed by atoms with Crippen molar-refractivity contribution in [2.75, 3.05) is 13.1 Å². The third-order valence-electron chi connectivity index (χ3n) is 4.50. The third-order valence-corrected chi connectivity index (χ3v) is 6.24. The molecule has 2 heterocycles. The fraction of sp³-hybridized carbons (Fsp3) is 0.733. The molecule has 0 radical (unpaired) electrons. The van der Waals surface area contributed by atoms with Gasteiger partial charge in [0.2, 0.25) is 5.09 Å². The zero-order chi connectivity index (χ0) is 15.0. The van der Waals surface area contributed by atoms with Crippen LogP contribution in [0.2, 0.25) is 0 Å². The minimum atomic E-state index is -3.47. The van der Waals surface area contributed by atoms with Crippen LogP contribution in [0.5, 0.6) is 0 Å². The zero-order valence-corrected chi connectivity index (χ0v) is 13.5. The molecule has 1 aromatic rings. The van der Waals surface area contributed by atoms with Gasteiger partial charge in [0, 0.05) is 19.1 Å². The van der Waals surface area contributed by atoms with Crippen molar-refractivity contribution >= 4 is 10.0 Å². The quantitative estimate of drug-likeness (QED) is 0.874. The van der Waals surface area contributed by atoms with Crippen molar-refractivity contribution in [3.05, 3.63) is 17.9 Å². The van der Waals surface area contributed by atoms with Crippen molar-refractivity contribution in [2.45, 2.75) is 50.8 Å². The van der Waals surface area contributed by atoms with Gasteiger partial charge in [0.05, 0.1) is 6.54 Å². The van der Waals surface area contributed by atoms with E-state index < -0.39 is 10.0 Å². The van der Waals surface area contributed by atoms with Gasteiger partial charge in [-0.25, -0.2) is 8.42 Å². The van der Waals surface area contributed by atoms with E-state index in [9.17, 15) is 8.42 Å². The summed E-state index contributed by atoms with van der Waals surface area (Å²) >= 11 is 0. The second-order valence-corrected chi connectivity index (χ2v) is 8.40. The molecule has 2 aliphatic rings. The topological polar surface area (TPSA) is 62.6 Å². The lowest BCUT2D eigenvalue weighted by molar-refractivity contribution is 0.364. The number of rotatable bonds is 6. The molecule has 1 aromatic heterocycles. The van der Waals surface area contributed by atoms with Crippen LogP contribution in [0.15, 0.2) is 21.6 Å². The molecule has 1 aliphatic heterocycles. The van der Waals surface area contributed by atoms with Crippen LogP contribution in [0.1, 0.15) is 38.9 Å². The van der Waals surface area contributed by atoms with Crippen molar-refractivity contribution in [3.8, 4) is 0 Å². The van der Waals surface area contributed by atoms with E-state index in [-0.39, 0.29) is 5.09 Å². The van der Waals surface area contributed by atoms with Crippen LogP contribution in [-0.4, -0.2) is 31.9 Å². The molecule has 0 bridgehead atoms. The van der Waals surface area contributed by atoms with Crippen LogP contribution in [0.3, 0.4) is 0 Å². The summed E-state index contributed by atoms with van der Waals surface area (Å²) < 4.78 is 32.3. The largest absolute Gasteiger partial charge is 0.447 e. The van der Waals surface area contributed by atoms with E-state index in [1.165, 1.54) is 12.8 Å². The van der Waals surface area contributed by atoms with Gasteiger partial charge < -0.3 is 9.73 Å². The molecule has 118 valence electrons. The third kappa shape index (κ3) is 3.33. The summed E-state index contributed by atoms with van der Waals surface area (Å²) in [5, 5.41) is 3.41. The normalized spacial score (nSPS) is 24.0. The summed E-state index contributed by atoms with van der Waals surface area (Å²) in [7, 11) is -3.47. The van der Waals surface area contributed by atoms with E-state index in [1.807, 2.05) is 0 Å². The monoisotopic (exact) mass is 312 g/mol. The summed E-state index contributed by atoms with van der Waals surface area (Å²) in [6.45, 7) is 6.11. The van der Waals surface area contributed by atoms with Crippen molar-refractivity contribution in [1.82, 2.24) is 9.62 Å². The van der Waals surface area contributed by atoms with Crippen molar-refractivity contribution in [3.63, 3.8) is 0 Å². The average Bonchev–Trinajstić information content (AvgIpc) is 2.96. The summed E-state index contributed by atoms with van der Waals surface area (Å²) in [4.78, 5) is 0. The molecule has 3 rings (SSSR count). The van der Waals surface area contributed by atoms with Gasteiger partial charge in [0.1, 0.15) is 5.76 Å². The van der Waals surface area contributed by atoms with E-state index in [0.29, 0.717) is 43.3 Å². The predicted octanol–water partition coefficient (Wildman–Crippen LogP) is 2.20. The van der Waals surface area contributed by atoms with Gasteiger partial charge in [0.15, 0.2) is 0 Å². The molecule has 1 unspecified atom stereocenters. The highest BCUT2D eigenvalue weighted by Crippen LogP contribution is 2.29. The van der Waals surface area contributed by atoms with Gasteiger partial charge in [-0.15, -0.1) is 0 Å². The van der Waals surface area contributed by atoms with Crippen LogP contribution in [-0.2, 0) is 16.6 Å². The molecular formula is C15H24N2O3S. The molecule has 6 heteroatoms. The van der Waals surface area contributed by atoms with Gasteiger partial charge in [-0.1, -0.05) is 13.8 Å². The first-order valence-electron chi connectivity index (χ1n) is 7.79. The minimum Gasteiger partial charge on any atom is -0.447 e. The SMILES string of the molecule is CC(C)C1CCN(S(=O)(=O)c2ccc(CNC3CC3)o2)C1. The fourth-order valence-corrected chi connectivity index (χ4v) is 4.21. The van der Waals surface area contributed by atoms with E-state index in [0.717, 1.165) is 6.42 Å². The van der Waals surface area contributed by atoms with Crippen molar-refractivity contribution in [1.29, 1.82) is 0 Å². The van der Waals surface area contributed by atoms with Crippen LogP contribution in [0, 0.1) is 11.8 Å². The molecule has 1 saturated heterocycles. The molecular weight excluding hydrogens is 288 g/mol. The average molecular weight is 312 g/mol. The Bertz CT molecular complexity index is 590. The van der Waals surface area contributed by atoms with E-state index in [4.69, 9.17) is 4.42 Å². The fourth-order valence-electron chi connectivity index (χ4n) is 2.77. The van der Waals surface area contributed by atoms with Gasteiger partial charge in [-0.3, -0.25) is 0 Å². The summed E-state index contributed by atoms with van der Waals surface area (Å²) in [5.41, 5.74) is 0. The maximum Gasteiger partial charge on any atom is 0.276 e. The van der Waals surface area contributed by atoms with E-state index >= 15 is 0 Å². The Morgan fingerprint density at radius 3 is 2.71 bits per heavy atom. The first-order valence-corrected chi connectivity index (χ1v) is 9.23. The first-order chi connectivity index (χ1) is 9.96. The van der Waals surface area contributed by atoms with Gasteiger partial charge in [0.25, 0.3) is 10.0 Å². The van der Waals surface area contributed by atoms with Gasteiger partial charge >= 0.3 is 0 Å². The second kappa shape index (κ2) is 5.74. The number of hydrogen-bond donors (Lipinski definition) is 1. The summed E-state index contributed by atoms with van der Waals surface area (Å²) in [6, 6.07) is 3.93. The maximum absolute atomic E-state index is 12.6. The Balaban J connectivity index is 1.66. The molecule has 1 N–H and O–H groups in total. The van der Waals surface area contributed by atoms with Gasteiger partial charge in [-0.2, -0.15) is 4.31 Å². The van der Waals surface area contributed by atoms with Crippen molar-refractivity contribution in [2.24, 2.45) is 11.8 Å². The Hall–Kier alpha value is -0.850. The molecule has 0 spiro atoms. The maximum atomic E-state index is 12.6. The van der Waals surface area contributed by atoms with Crippen LogP contribution in [0.4, 0.5) is 0 Å². The number of nitrogens with one attached hydrogen (secondary N) is 1. The standard InChI is InChI=1S/C15H24N2O3S/c1-11(2)12-7-8-17(10-12)21(18,19)15-6-5-14(20-15)9-16-13-3-4-13/h5-6,11-13,16H,3-4,7-10H2,1-2H3. The lowest BCUT2D eigenvalue weighted by Gasteiger charge is -2.16. The number of furan rings is 1. The minimum absolute atomic E-state index is 0.0829. The van der Waals surface area contributed by atoms with Crippen LogP contribution >= 0.6 is 0 Å². The second-order valence-electron chi connectivity index (χ2n) is 6.53. The first kappa shape index (κ1) is 15.1. The Labute approximate surface area is 126 Å². The molecule has 1 atom stereocenters. The van der Waals surface area contributed by atoms with Crippen LogP contribution in [0.25, 0.3) is 0 Å². The number of hydrogen-bond acceptors (Lipinski definition) is 4. The van der Waals surface area contributed by atoms with E-state index in [1.54, 1.807) is 16.4 Å². The molecule has 1 saturated carbocycles. The Morgan fingerprint density at radius 1 is 1.33 bits per heavy atom. The Kier molecular flexibility index (Phi) is 4.12. The molecule has 5 nitrogen and oxygen atoms in total. The molecule has 0 aromatic carbocycles. The summed E-state index contributed by atoms with van der Waals surface area (Å²) in [5.74, 6) is 1.66. The lowest BCUT2D eigenvalue weighted by atomic mass is 9.96. The van der Waals surface area contributed by atoms with Crippen molar-refractivity contribution < 1.29 is 12.8 Å². The molecule has 21 heavy (non-hydrogen) atoms. The number of nitrogens with zero attached hydrogens (tertiary/aromatic N) is 1. The highest BCUT2D eigenvalue weighted by atomic mass is 32.2. The van der Waals surface area contributed by atoms with Crippen LogP contribution < -0.4 is 5.32 Å². The lowest BCUT2D eigenvalue weighted by Crippen LogP contribution is -2.29. The smallest absolute Gasteiger partial charge is 0.276 e. The highest BCUT2D eigenvalue weighted by Gasteiger charge is 2.35. The highest BCUT2D eigenvalue weighted by molar-refractivity contribution is 7.89. The molecule has 2 fully saturated rings. The van der Waals surface area contributed by atoms with E-state index in [2.05, 4.69) is 19.2 Å². The molecule has 0 amide bonds. The Morgan fingerprint density at radius 2 is 2.10 bits per heavy atom.